The smallest absolute Gasteiger partial charge is 0.339 e. The molecule has 50 heavy (non-hydrogen) atoms. The molecule has 0 saturated heterocycles. The fourth-order valence-electron chi connectivity index (χ4n) is 6.38. The molecule has 0 fully saturated rings. The minimum Gasteiger partial charge on any atom is -0.382 e. The van der Waals surface area contributed by atoms with Gasteiger partial charge in [-0.3, -0.25) is 0 Å². The number of hydrogen-bond donors (Lipinski definition) is 0. The molecule has 4 rings (SSSR count). The average molecular weight is 820 g/mol. The lowest BCUT2D eigenvalue weighted by atomic mass is 9.61. The molecule has 2 aliphatic rings. The van der Waals surface area contributed by atoms with Gasteiger partial charge in [-0.05, 0) is 71.3 Å². The summed E-state index contributed by atoms with van der Waals surface area (Å²) >= 11 is 3.75. The third-order valence-electron chi connectivity index (χ3n) is 11.2. The van der Waals surface area contributed by atoms with Crippen molar-refractivity contribution >= 4 is 42.7 Å². The lowest BCUT2D eigenvalue weighted by Gasteiger charge is -2.65. The van der Waals surface area contributed by atoms with Gasteiger partial charge in [0.25, 0.3) is 17.4 Å². The molecule has 0 amide bonds. The number of fused-ring (bicyclic) bond motifs is 3. The van der Waals surface area contributed by atoms with Crippen LogP contribution in [0.15, 0.2) is 33.6 Å². The van der Waals surface area contributed by atoms with E-state index in [0.29, 0.717) is 16.7 Å². The highest BCUT2D eigenvalue weighted by atomic mass is 79.9. The molecule has 2 atom stereocenters. The van der Waals surface area contributed by atoms with Crippen molar-refractivity contribution in [3.05, 3.63) is 56.6 Å². The molecule has 282 valence electrons. The largest absolute Gasteiger partial charge is 0.382 e. The highest BCUT2D eigenvalue weighted by Gasteiger charge is 2.81. The zero-order valence-corrected chi connectivity index (χ0v) is 37.0. The molecule has 0 aromatic heterocycles. The number of methoxy groups -OCH3 is 6. The third kappa shape index (κ3) is 5.48. The van der Waals surface area contributed by atoms with Gasteiger partial charge in [0.05, 0.1) is 10.0 Å². The van der Waals surface area contributed by atoms with Gasteiger partial charge >= 0.3 is 10.1 Å². The van der Waals surface area contributed by atoms with Crippen molar-refractivity contribution in [2.24, 2.45) is 0 Å². The van der Waals surface area contributed by atoms with Crippen LogP contribution in [0.1, 0.15) is 69.4 Å². The first-order chi connectivity index (χ1) is 22.8. The molecule has 2 aliphatic carbocycles. The summed E-state index contributed by atoms with van der Waals surface area (Å²) in [6.07, 6.45) is 0. The van der Waals surface area contributed by atoms with Gasteiger partial charge in [-0.2, -0.15) is 8.42 Å². The van der Waals surface area contributed by atoms with Crippen molar-refractivity contribution in [3.63, 3.8) is 0 Å². The summed E-state index contributed by atoms with van der Waals surface area (Å²) in [4.78, 5) is -0.0407. The Morgan fingerprint density at radius 2 is 0.920 bits per heavy atom. The van der Waals surface area contributed by atoms with Crippen LogP contribution in [0.5, 0.6) is 5.75 Å². The second-order valence-electron chi connectivity index (χ2n) is 15.9. The maximum atomic E-state index is 14.1. The van der Waals surface area contributed by atoms with Crippen LogP contribution in [-0.2, 0) is 70.5 Å². The molecule has 0 aliphatic heterocycles. The minimum absolute atomic E-state index is 0.0407. The van der Waals surface area contributed by atoms with E-state index in [1.54, 1.807) is 12.1 Å². The van der Waals surface area contributed by atoms with E-state index in [9.17, 15) is 8.42 Å². The summed E-state index contributed by atoms with van der Waals surface area (Å²) < 4.78 is 86.8. The normalized spacial score (nSPS) is 23.1. The molecule has 0 bridgehead atoms. The van der Waals surface area contributed by atoms with Gasteiger partial charge in [-0.1, -0.05) is 59.2 Å². The van der Waals surface area contributed by atoms with E-state index in [4.69, 9.17) is 41.5 Å². The van der Waals surface area contributed by atoms with Crippen molar-refractivity contribution < 1.29 is 49.9 Å². The van der Waals surface area contributed by atoms with Crippen LogP contribution in [0.2, 0.25) is 36.3 Å². The standard InChI is InChI=1S/C35H55BrO11SSi2/c1-22-18-20-23(21-19-22)48(37,38)45-29-27-25(32(39-8,40-9)35(27,44-13)47-50(16,17)31(5,6)7)24-26(28(29)36)33(41-10,42-11)34(24,43-12)46-49(14,15)30(2,3)4/h18-21H,1-17H3. The molecule has 15 heteroatoms. The molecule has 11 nitrogen and oxygen atoms in total. The SMILES string of the molecule is COC1(OC)c2c(Br)c(OS(=O)(=O)c3ccc(C)cc3)c3c(c2C1(OC)O[Si](C)(C)C(C)(C)C)C(OC)(OC)C3(OC)O[Si](C)(C)C(C)(C)C. The van der Waals surface area contributed by atoms with Crippen molar-refractivity contribution in [1.29, 1.82) is 0 Å². The Morgan fingerprint density at radius 3 is 1.28 bits per heavy atom. The van der Waals surface area contributed by atoms with Gasteiger partial charge < -0.3 is 41.5 Å². The van der Waals surface area contributed by atoms with Gasteiger partial charge in [0, 0.05) is 59.3 Å². The quantitative estimate of drug-likeness (QED) is 0.111. The summed E-state index contributed by atoms with van der Waals surface area (Å²) in [6, 6.07) is 6.39. The van der Waals surface area contributed by atoms with E-state index < -0.39 is 49.9 Å². The predicted octanol–water partition coefficient (Wildman–Crippen LogP) is 8.09. The number of benzene rings is 2. The van der Waals surface area contributed by atoms with Crippen molar-refractivity contribution in [2.75, 3.05) is 42.7 Å². The first kappa shape index (κ1) is 41.5. The zero-order chi connectivity index (χ0) is 38.3. The summed E-state index contributed by atoms with van der Waals surface area (Å²) in [5.74, 6) is -7.07. The highest BCUT2D eigenvalue weighted by molar-refractivity contribution is 9.10. The minimum atomic E-state index is -4.43. The number of aryl methyl sites for hydroxylation is 1. The first-order valence-corrected chi connectivity index (χ1v) is 24.4. The fourth-order valence-corrected chi connectivity index (χ4v) is 10.9. The number of rotatable bonds is 13. The summed E-state index contributed by atoms with van der Waals surface area (Å²) in [6.45, 7) is 22.8. The second kappa shape index (κ2) is 13.0. The number of halogens is 1. The van der Waals surface area contributed by atoms with Gasteiger partial charge in [0.1, 0.15) is 4.90 Å². The van der Waals surface area contributed by atoms with Gasteiger partial charge in [-0.15, -0.1) is 0 Å². The van der Waals surface area contributed by atoms with Crippen molar-refractivity contribution in [2.45, 2.75) is 113 Å². The Kier molecular flexibility index (Phi) is 10.8. The Morgan fingerprint density at radius 1 is 0.580 bits per heavy atom. The highest BCUT2D eigenvalue weighted by Crippen LogP contribution is 2.74. The van der Waals surface area contributed by atoms with Gasteiger partial charge in [-0.25, -0.2) is 0 Å². The topological polar surface area (TPSA) is 117 Å². The molecular weight excluding hydrogens is 765 g/mol. The Hall–Kier alpha value is -1.22. The molecule has 2 unspecified atom stereocenters. The number of ether oxygens (including phenoxy) is 6. The van der Waals surface area contributed by atoms with Gasteiger partial charge in [0.2, 0.25) is 5.79 Å². The maximum absolute atomic E-state index is 14.1. The molecule has 0 spiro atoms. The van der Waals surface area contributed by atoms with Crippen LogP contribution in [0.3, 0.4) is 0 Å². The molecule has 0 saturated carbocycles. The lowest BCUT2D eigenvalue weighted by molar-refractivity contribution is -0.433. The molecule has 0 radical (unpaired) electrons. The van der Waals surface area contributed by atoms with Crippen LogP contribution in [-0.4, -0.2) is 67.7 Å². The van der Waals surface area contributed by atoms with Crippen LogP contribution >= 0.6 is 15.9 Å². The van der Waals surface area contributed by atoms with Crippen LogP contribution in [0.4, 0.5) is 0 Å². The Bertz CT molecular complexity index is 1720. The van der Waals surface area contributed by atoms with Crippen molar-refractivity contribution in [1.82, 2.24) is 0 Å². The van der Waals surface area contributed by atoms with Crippen LogP contribution < -0.4 is 4.18 Å². The molecule has 2 aromatic rings. The van der Waals surface area contributed by atoms with E-state index in [0.717, 1.165) is 5.56 Å². The van der Waals surface area contributed by atoms with E-state index >= 15 is 0 Å². The van der Waals surface area contributed by atoms with Gasteiger partial charge in [0.15, 0.2) is 22.4 Å². The molecule has 2 aromatic carbocycles. The summed E-state index contributed by atoms with van der Waals surface area (Å²) in [5.41, 5.74) is 2.35. The number of hydrogen-bond acceptors (Lipinski definition) is 11. The lowest BCUT2D eigenvalue weighted by Crippen LogP contribution is -2.73. The van der Waals surface area contributed by atoms with E-state index in [-0.39, 0.29) is 30.8 Å². The average Bonchev–Trinajstić information content (AvgIpc) is 3.00. The maximum Gasteiger partial charge on any atom is 0.339 e. The summed E-state index contributed by atoms with van der Waals surface area (Å²) in [5, 5.41) is -0.574. The molecule has 0 N–H and O–H groups in total. The third-order valence-corrected chi connectivity index (χ3v) is 22.0. The Labute approximate surface area is 309 Å². The van der Waals surface area contributed by atoms with Crippen LogP contribution in [0.25, 0.3) is 0 Å². The molecule has 0 heterocycles. The first-order valence-electron chi connectivity index (χ1n) is 16.4. The van der Waals surface area contributed by atoms with Crippen molar-refractivity contribution in [3.8, 4) is 5.75 Å². The monoisotopic (exact) mass is 818 g/mol. The van der Waals surface area contributed by atoms with Crippen LogP contribution in [0, 0.1) is 6.92 Å². The molecular formula is C35H55BrO11SSi2. The second-order valence-corrected chi connectivity index (χ2v) is 27.7. The van der Waals surface area contributed by atoms with E-state index in [2.05, 4.69) is 83.7 Å². The predicted molar refractivity (Wildman–Crippen MR) is 198 cm³/mol. The Balaban J connectivity index is 2.25. The summed E-state index contributed by atoms with van der Waals surface area (Å²) in [7, 11) is -0.977. The van der Waals surface area contributed by atoms with E-state index in [1.165, 1.54) is 54.8 Å². The van der Waals surface area contributed by atoms with E-state index in [1.807, 2.05) is 6.92 Å². The fraction of sp³-hybridized carbons (Fsp3) is 0.657. The zero-order valence-electron chi connectivity index (χ0n) is 32.6.